The van der Waals surface area contributed by atoms with Gasteiger partial charge < -0.3 is 9.80 Å². The van der Waals surface area contributed by atoms with Crippen molar-refractivity contribution in [3.05, 3.63) is 248 Å². The minimum absolute atomic E-state index is 0.221. The van der Waals surface area contributed by atoms with Crippen LogP contribution in [0.5, 0.6) is 0 Å². The van der Waals surface area contributed by atoms with Crippen LogP contribution in [0.4, 0.5) is 28.4 Å². The summed E-state index contributed by atoms with van der Waals surface area (Å²) in [6.07, 6.45) is 8.08. The Morgan fingerprint density at radius 2 is 0.844 bits per heavy atom. The summed E-state index contributed by atoms with van der Waals surface area (Å²) >= 11 is 3.74. The Hall–Kier alpha value is -7.50. The molecule has 0 aliphatic heterocycles. The molecule has 0 saturated heterocycles. The van der Waals surface area contributed by atoms with Crippen LogP contribution in [0.3, 0.4) is 0 Å². The first kappa shape index (κ1) is 38.2. The van der Waals surface area contributed by atoms with Crippen molar-refractivity contribution in [1.82, 2.24) is 0 Å². The van der Waals surface area contributed by atoms with E-state index in [1.807, 2.05) is 22.7 Å². The highest BCUT2D eigenvalue weighted by atomic mass is 32.1. The smallest absolute Gasteiger partial charge is 0.0640 e. The van der Waals surface area contributed by atoms with Crippen LogP contribution < -0.4 is 9.80 Å². The quantitative estimate of drug-likeness (QED) is 0.143. The molecule has 1 atom stereocenters. The molecule has 64 heavy (non-hydrogen) atoms. The monoisotopic (exact) mass is 854 g/mol. The zero-order valence-electron chi connectivity index (χ0n) is 35.0. The van der Waals surface area contributed by atoms with E-state index in [2.05, 4.69) is 246 Å². The lowest BCUT2D eigenvalue weighted by Crippen LogP contribution is -2.17. The van der Waals surface area contributed by atoms with Crippen LogP contribution in [0.2, 0.25) is 0 Å². The molecule has 4 heteroatoms. The van der Waals surface area contributed by atoms with Crippen LogP contribution in [0.25, 0.3) is 62.6 Å². The maximum atomic E-state index is 2.44. The van der Waals surface area contributed by atoms with E-state index in [1.165, 1.54) is 85.2 Å². The molecule has 2 heterocycles. The highest BCUT2D eigenvalue weighted by Crippen LogP contribution is 2.47. The van der Waals surface area contributed by atoms with Gasteiger partial charge in [0.15, 0.2) is 0 Å². The number of rotatable bonds is 9. The van der Waals surface area contributed by atoms with Gasteiger partial charge in [-0.05, 0) is 107 Å². The number of benzene rings is 9. The fourth-order valence-corrected chi connectivity index (χ4v) is 11.9. The zero-order valence-corrected chi connectivity index (χ0v) is 36.6. The van der Waals surface area contributed by atoms with Gasteiger partial charge in [-0.25, -0.2) is 0 Å². The van der Waals surface area contributed by atoms with Gasteiger partial charge in [0.05, 0.1) is 20.8 Å². The summed E-state index contributed by atoms with van der Waals surface area (Å²) in [5.74, 6) is 0.221. The summed E-state index contributed by atoms with van der Waals surface area (Å²) in [5.41, 5.74) is 13.2. The van der Waals surface area contributed by atoms with Crippen LogP contribution >= 0.6 is 22.7 Å². The third kappa shape index (κ3) is 6.89. The van der Waals surface area contributed by atoms with Gasteiger partial charge >= 0.3 is 0 Å². The average molecular weight is 855 g/mol. The lowest BCUT2D eigenvalue weighted by Gasteiger charge is -2.29. The van der Waals surface area contributed by atoms with Crippen LogP contribution in [0, 0.1) is 0 Å². The molecule has 1 aliphatic rings. The largest absolute Gasteiger partial charge is 0.309 e. The van der Waals surface area contributed by atoms with Gasteiger partial charge in [-0.3, -0.25) is 0 Å². The second-order valence-electron chi connectivity index (χ2n) is 16.4. The first-order valence-electron chi connectivity index (χ1n) is 21.9. The first-order valence-corrected chi connectivity index (χ1v) is 23.6. The molecule has 11 aromatic rings. The molecule has 304 valence electrons. The Morgan fingerprint density at radius 1 is 0.375 bits per heavy atom. The van der Waals surface area contributed by atoms with Crippen LogP contribution in [-0.4, -0.2) is 0 Å². The minimum atomic E-state index is 0.221. The molecule has 0 fully saturated rings. The second-order valence-corrected chi connectivity index (χ2v) is 18.5. The van der Waals surface area contributed by atoms with Gasteiger partial charge in [-0.2, -0.15) is 0 Å². The van der Waals surface area contributed by atoms with Crippen molar-refractivity contribution in [3.63, 3.8) is 0 Å². The van der Waals surface area contributed by atoms with E-state index in [-0.39, 0.29) is 5.92 Å². The molecule has 0 radical (unpaired) electrons. The maximum absolute atomic E-state index is 2.44. The Kier molecular flexibility index (Phi) is 9.74. The molecule has 0 bridgehead atoms. The molecule has 0 spiro atoms. The number of thiophene rings is 2. The van der Waals surface area contributed by atoms with E-state index >= 15 is 0 Å². The highest BCUT2D eigenvalue weighted by Gasteiger charge is 2.23. The second kappa shape index (κ2) is 16.3. The minimum Gasteiger partial charge on any atom is -0.309 e. The van der Waals surface area contributed by atoms with E-state index < -0.39 is 0 Å². The van der Waals surface area contributed by atoms with Crippen molar-refractivity contribution in [2.24, 2.45) is 0 Å². The molecule has 0 N–H and O–H groups in total. The summed E-state index contributed by atoms with van der Waals surface area (Å²) in [7, 11) is 0. The number of allylic oxidation sites excluding steroid dienone is 3. The van der Waals surface area contributed by atoms with E-state index in [1.54, 1.807) is 0 Å². The van der Waals surface area contributed by atoms with Crippen molar-refractivity contribution in [3.8, 4) is 22.3 Å². The zero-order chi connectivity index (χ0) is 42.4. The molecule has 2 nitrogen and oxygen atoms in total. The molecule has 1 aliphatic carbocycles. The standard InChI is InChI=1S/C60H42N2S2/c1-4-16-41(17-5-1)44-38-45(42-30-34-49(35-31-42)61(47-18-6-2-7-19-47)55-26-14-24-53-51-22-10-12-28-57(51)63-59(53)55)40-46(39-44)43-32-36-50(37-33-43)62(48-20-8-3-9-21-48)56-27-15-25-54-52-23-11-13-29-58(52)64-60(54)56/h1-32,34-40,43H,33H2. The molecule has 0 amide bonds. The summed E-state index contributed by atoms with van der Waals surface area (Å²) in [5, 5.41) is 5.21. The van der Waals surface area contributed by atoms with Crippen molar-refractivity contribution in [1.29, 1.82) is 0 Å². The van der Waals surface area contributed by atoms with Crippen molar-refractivity contribution in [2.75, 3.05) is 9.80 Å². The number of para-hydroxylation sites is 2. The maximum Gasteiger partial charge on any atom is 0.0640 e. The van der Waals surface area contributed by atoms with Crippen LogP contribution in [0.15, 0.2) is 242 Å². The molecule has 2 aromatic heterocycles. The predicted octanol–water partition coefficient (Wildman–Crippen LogP) is 18.0. The first-order chi connectivity index (χ1) is 31.7. The molecule has 9 aromatic carbocycles. The van der Waals surface area contributed by atoms with E-state index in [9.17, 15) is 0 Å². The van der Waals surface area contributed by atoms with Crippen molar-refractivity contribution >= 4 is 91.5 Å². The van der Waals surface area contributed by atoms with Gasteiger partial charge in [0.1, 0.15) is 0 Å². The number of hydrogen-bond donors (Lipinski definition) is 0. The lowest BCUT2D eigenvalue weighted by atomic mass is 9.86. The lowest BCUT2D eigenvalue weighted by molar-refractivity contribution is 0.841. The number of hydrogen-bond acceptors (Lipinski definition) is 4. The molecular formula is C60H42N2S2. The van der Waals surface area contributed by atoms with E-state index in [4.69, 9.17) is 0 Å². The summed E-state index contributed by atoms with van der Waals surface area (Å²) in [6, 6.07) is 79.7. The van der Waals surface area contributed by atoms with E-state index in [0.29, 0.717) is 0 Å². The SMILES string of the molecule is C1=CC(c2cc(-c3ccccc3)cc(-c3ccc(N(c4ccccc4)c4cccc5c4sc4ccccc45)cc3)c2)CC=C1N(c1ccccc1)c1cccc2c1sc1ccccc12. The van der Waals surface area contributed by atoms with Gasteiger partial charge in [0.2, 0.25) is 0 Å². The Morgan fingerprint density at radius 3 is 1.41 bits per heavy atom. The molecule has 12 rings (SSSR count). The normalized spacial score (nSPS) is 13.8. The Bertz CT molecular complexity index is 3530. The van der Waals surface area contributed by atoms with Gasteiger partial charge in [-0.1, -0.05) is 164 Å². The Labute approximate surface area is 381 Å². The van der Waals surface area contributed by atoms with Crippen LogP contribution in [-0.2, 0) is 0 Å². The Balaban J connectivity index is 0.913. The third-order valence-corrected chi connectivity index (χ3v) is 15.0. The summed E-state index contributed by atoms with van der Waals surface area (Å²) < 4.78 is 5.21. The number of fused-ring (bicyclic) bond motifs is 6. The number of anilines is 5. The highest BCUT2D eigenvalue weighted by molar-refractivity contribution is 7.26. The number of nitrogens with zero attached hydrogens (tertiary/aromatic N) is 2. The van der Waals surface area contributed by atoms with E-state index in [0.717, 1.165) is 23.5 Å². The predicted molar refractivity (Wildman–Crippen MR) is 277 cm³/mol. The van der Waals surface area contributed by atoms with Crippen LogP contribution in [0.1, 0.15) is 17.9 Å². The van der Waals surface area contributed by atoms with Crippen molar-refractivity contribution < 1.29 is 0 Å². The topological polar surface area (TPSA) is 6.48 Å². The fraction of sp³-hybridized carbons (Fsp3) is 0.0333. The van der Waals surface area contributed by atoms with Crippen molar-refractivity contribution in [2.45, 2.75) is 12.3 Å². The molecule has 1 unspecified atom stereocenters. The molecular weight excluding hydrogens is 813 g/mol. The fourth-order valence-electron chi connectivity index (χ4n) is 9.48. The molecule has 0 saturated carbocycles. The third-order valence-electron chi connectivity index (χ3n) is 12.6. The summed E-state index contributed by atoms with van der Waals surface area (Å²) in [4.78, 5) is 4.85. The van der Waals surface area contributed by atoms with Gasteiger partial charge in [0, 0.05) is 59.6 Å². The van der Waals surface area contributed by atoms with Gasteiger partial charge in [-0.15, -0.1) is 22.7 Å². The summed E-state index contributed by atoms with van der Waals surface area (Å²) in [6.45, 7) is 0. The average Bonchev–Trinajstić information content (AvgIpc) is 3.95. The van der Waals surface area contributed by atoms with Gasteiger partial charge in [0.25, 0.3) is 0 Å².